The Kier molecular flexibility index (Phi) is 5.46. The minimum atomic E-state index is -0.985. The van der Waals surface area contributed by atoms with E-state index in [1.807, 2.05) is 0 Å². The normalized spacial score (nSPS) is 21.2. The molecule has 2 saturated heterocycles. The van der Waals surface area contributed by atoms with Gasteiger partial charge in [0.1, 0.15) is 0 Å². The van der Waals surface area contributed by atoms with Gasteiger partial charge in [0.25, 0.3) is 5.91 Å². The maximum atomic E-state index is 13.3. The van der Waals surface area contributed by atoms with Crippen LogP contribution >= 0.6 is 0 Å². The van der Waals surface area contributed by atoms with E-state index < -0.39 is 11.6 Å². The summed E-state index contributed by atoms with van der Waals surface area (Å²) >= 11 is 0. The Morgan fingerprint density at radius 2 is 1.58 bits per heavy atom. The van der Waals surface area contributed by atoms with Gasteiger partial charge in [-0.1, -0.05) is 0 Å². The predicted molar refractivity (Wildman–Crippen MR) is 86.9 cm³/mol. The number of carbonyl (C=O) groups excluding carboxylic acids is 1. The van der Waals surface area contributed by atoms with E-state index in [2.05, 4.69) is 11.9 Å². The van der Waals surface area contributed by atoms with Crippen LogP contribution in [0.25, 0.3) is 0 Å². The van der Waals surface area contributed by atoms with E-state index >= 15 is 0 Å². The van der Waals surface area contributed by atoms with Gasteiger partial charge >= 0.3 is 0 Å². The molecule has 2 heterocycles. The van der Waals surface area contributed by atoms with Gasteiger partial charge in [0.05, 0.1) is 12.2 Å². The Morgan fingerprint density at radius 1 is 1.00 bits per heavy atom. The van der Waals surface area contributed by atoms with Crippen LogP contribution < -0.4 is 0 Å². The van der Waals surface area contributed by atoms with Crippen LogP contribution in [0.5, 0.6) is 0 Å². The van der Waals surface area contributed by atoms with Crippen molar-refractivity contribution in [1.29, 1.82) is 0 Å². The molecule has 1 amide bonds. The lowest BCUT2D eigenvalue weighted by Crippen LogP contribution is -2.43. The Bertz CT molecular complexity index is 580. The molecule has 0 bridgehead atoms. The molecule has 0 radical (unpaired) electrons. The highest BCUT2D eigenvalue weighted by atomic mass is 19.2. The first-order valence-electron chi connectivity index (χ1n) is 8.61. The number of amides is 1. The van der Waals surface area contributed by atoms with Crippen molar-refractivity contribution in [2.45, 2.75) is 37.9 Å². The number of benzene rings is 1. The van der Waals surface area contributed by atoms with Gasteiger partial charge in [0, 0.05) is 31.7 Å². The smallest absolute Gasteiger partial charge is 0.253 e. The Hall–Kier alpha value is -1.53. The monoisotopic (exact) mass is 338 g/mol. The van der Waals surface area contributed by atoms with Crippen molar-refractivity contribution < 1.29 is 18.3 Å². The van der Waals surface area contributed by atoms with Crippen molar-refractivity contribution in [3.63, 3.8) is 0 Å². The second-order valence-electron chi connectivity index (χ2n) is 6.76. The molecule has 0 N–H and O–H groups in total. The van der Waals surface area contributed by atoms with Crippen molar-refractivity contribution in [3.05, 3.63) is 35.4 Å². The molecule has 2 aliphatic heterocycles. The molecule has 0 spiro atoms. The van der Waals surface area contributed by atoms with Gasteiger partial charge in [-0.3, -0.25) is 4.79 Å². The van der Waals surface area contributed by atoms with E-state index in [1.165, 1.54) is 6.07 Å². The molecule has 0 aliphatic carbocycles. The number of ether oxygens (including phenoxy) is 1. The summed E-state index contributed by atoms with van der Waals surface area (Å²) in [4.78, 5) is 16.4. The van der Waals surface area contributed by atoms with E-state index in [9.17, 15) is 13.6 Å². The van der Waals surface area contributed by atoms with Crippen molar-refractivity contribution in [2.24, 2.45) is 0 Å². The molecule has 0 saturated carbocycles. The van der Waals surface area contributed by atoms with Crippen LogP contribution in [0.3, 0.4) is 0 Å². The van der Waals surface area contributed by atoms with Crippen LogP contribution in [0.4, 0.5) is 8.78 Å². The second-order valence-corrected chi connectivity index (χ2v) is 6.76. The third-order valence-electron chi connectivity index (χ3n) is 4.95. The fraction of sp³-hybridized carbons (Fsp3) is 0.611. The van der Waals surface area contributed by atoms with Crippen LogP contribution in [0.1, 0.15) is 36.0 Å². The lowest BCUT2D eigenvalue weighted by Gasteiger charge is -2.36. The molecule has 1 aromatic carbocycles. The fourth-order valence-electron chi connectivity index (χ4n) is 3.40. The van der Waals surface area contributed by atoms with E-state index in [1.54, 1.807) is 4.90 Å². The number of piperidine rings is 2. The summed E-state index contributed by atoms with van der Waals surface area (Å²) in [7, 11) is 2.12. The molecule has 2 fully saturated rings. The molecule has 3 rings (SSSR count). The highest BCUT2D eigenvalue weighted by molar-refractivity contribution is 5.94. The standard InChI is InChI=1S/C18H24F2N2O2/c1-21-8-4-14(5-9-21)24-15-6-10-22(11-7-15)18(23)13-2-3-16(19)17(20)12-13/h2-3,12,14-15H,4-11H2,1H3. The number of likely N-dealkylation sites (tertiary alicyclic amines) is 2. The van der Waals surface area contributed by atoms with Gasteiger partial charge < -0.3 is 14.5 Å². The summed E-state index contributed by atoms with van der Waals surface area (Å²) in [6.45, 7) is 3.32. The zero-order chi connectivity index (χ0) is 17.1. The average Bonchev–Trinajstić information content (AvgIpc) is 2.59. The highest BCUT2D eigenvalue weighted by Gasteiger charge is 2.27. The molecule has 0 atom stereocenters. The summed E-state index contributed by atoms with van der Waals surface area (Å²) in [6.07, 6.45) is 4.21. The number of hydrogen-bond donors (Lipinski definition) is 0. The van der Waals surface area contributed by atoms with Crippen molar-refractivity contribution in [1.82, 2.24) is 9.80 Å². The maximum absolute atomic E-state index is 13.3. The van der Waals surface area contributed by atoms with Gasteiger partial charge in [-0.25, -0.2) is 8.78 Å². The minimum Gasteiger partial charge on any atom is -0.375 e. The molecule has 0 aromatic heterocycles. The largest absolute Gasteiger partial charge is 0.375 e. The first-order chi connectivity index (χ1) is 11.5. The lowest BCUT2D eigenvalue weighted by atomic mass is 10.0. The summed E-state index contributed by atoms with van der Waals surface area (Å²) in [5.41, 5.74) is 0.198. The van der Waals surface area contributed by atoms with Crippen LogP contribution in [-0.4, -0.2) is 61.1 Å². The topological polar surface area (TPSA) is 32.8 Å². The first kappa shape index (κ1) is 17.3. The van der Waals surface area contributed by atoms with Gasteiger partial charge in [-0.15, -0.1) is 0 Å². The Balaban J connectivity index is 1.49. The molecule has 2 aliphatic rings. The Labute approximate surface area is 141 Å². The van der Waals surface area contributed by atoms with E-state index in [0.717, 1.165) is 50.9 Å². The van der Waals surface area contributed by atoms with Gasteiger partial charge in [0.15, 0.2) is 11.6 Å². The lowest BCUT2D eigenvalue weighted by molar-refractivity contribution is -0.0599. The van der Waals surface area contributed by atoms with Crippen LogP contribution in [0.2, 0.25) is 0 Å². The molecule has 0 unspecified atom stereocenters. The zero-order valence-corrected chi connectivity index (χ0v) is 14.0. The average molecular weight is 338 g/mol. The molecular weight excluding hydrogens is 314 g/mol. The van der Waals surface area contributed by atoms with E-state index in [-0.39, 0.29) is 17.6 Å². The summed E-state index contributed by atoms with van der Waals surface area (Å²) in [6, 6.07) is 3.30. The van der Waals surface area contributed by atoms with Crippen molar-refractivity contribution in [2.75, 3.05) is 33.2 Å². The minimum absolute atomic E-state index is 0.187. The molecule has 132 valence electrons. The number of nitrogens with zero attached hydrogens (tertiary/aromatic N) is 2. The number of hydrogen-bond acceptors (Lipinski definition) is 3. The Morgan fingerprint density at radius 3 is 2.17 bits per heavy atom. The number of rotatable bonds is 3. The number of halogens is 2. The maximum Gasteiger partial charge on any atom is 0.253 e. The molecule has 1 aromatic rings. The molecular formula is C18H24F2N2O2. The first-order valence-corrected chi connectivity index (χ1v) is 8.61. The predicted octanol–water partition coefficient (Wildman–Crippen LogP) is 2.68. The summed E-state index contributed by atoms with van der Waals surface area (Å²) in [5.74, 6) is -2.16. The summed E-state index contributed by atoms with van der Waals surface area (Å²) in [5, 5.41) is 0. The fourth-order valence-corrected chi connectivity index (χ4v) is 3.40. The van der Waals surface area contributed by atoms with Gasteiger partial charge in [-0.2, -0.15) is 0 Å². The molecule has 24 heavy (non-hydrogen) atoms. The number of carbonyl (C=O) groups is 1. The molecule has 6 heteroatoms. The van der Waals surface area contributed by atoms with E-state index in [0.29, 0.717) is 19.2 Å². The van der Waals surface area contributed by atoms with Gasteiger partial charge in [0.2, 0.25) is 0 Å². The van der Waals surface area contributed by atoms with E-state index in [4.69, 9.17) is 4.74 Å². The highest BCUT2D eigenvalue weighted by Crippen LogP contribution is 2.22. The third kappa shape index (κ3) is 4.11. The van der Waals surface area contributed by atoms with Gasteiger partial charge in [-0.05, 0) is 50.9 Å². The molecule has 4 nitrogen and oxygen atoms in total. The quantitative estimate of drug-likeness (QED) is 0.849. The van der Waals surface area contributed by atoms with Crippen LogP contribution in [0.15, 0.2) is 18.2 Å². The SMILES string of the molecule is CN1CCC(OC2CCN(C(=O)c3ccc(F)c(F)c3)CC2)CC1. The van der Waals surface area contributed by atoms with Crippen LogP contribution in [0, 0.1) is 11.6 Å². The van der Waals surface area contributed by atoms with Crippen molar-refractivity contribution >= 4 is 5.91 Å². The third-order valence-corrected chi connectivity index (χ3v) is 4.95. The van der Waals surface area contributed by atoms with Crippen molar-refractivity contribution in [3.8, 4) is 0 Å². The summed E-state index contributed by atoms with van der Waals surface area (Å²) < 4.78 is 32.4. The second kappa shape index (κ2) is 7.57. The zero-order valence-electron chi connectivity index (χ0n) is 14.0. The van der Waals surface area contributed by atoms with Crippen LogP contribution in [-0.2, 0) is 4.74 Å².